The summed E-state index contributed by atoms with van der Waals surface area (Å²) in [5, 5.41) is 9.17. The van der Waals surface area contributed by atoms with Crippen molar-refractivity contribution in [1.82, 2.24) is 0 Å². The lowest BCUT2D eigenvalue weighted by Crippen LogP contribution is -2.29. The van der Waals surface area contributed by atoms with Crippen LogP contribution in [0.3, 0.4) is 0 Å². The lowest BCUT2D eigenvalue weighted by atomic mass is 10.0. The first kappa shape index (κ1) is 13.5. The van der Waals surface area contributed by atoms with Crippen molar-refractivity contribution < 1.29 is 14.6 Å². The van der Waals surface area contributed by atoms with Crippen LogP contribution in [0.4, 0.5) is 0 Å². The van der Waals surface area contributed by atoms with Gasteiger partial charge in [-0.1, -0.05) is 44.2 Å². The molecule has 1 N–H and O–H groups in total. The predicted molar refractivity (Wildman–Crippen MR) is 70.2 cm³/mol. The molecular weight excluding hydrogens is 228 g/mol. The van der Waals surface area contributed by atoms with Gasteiger partial charge in [-0.25, -0.2) is 0 Å². The zero-order valence-electron chi connectivity index (χ0n) is 11.1. The fourth-order valence-electron chi connectivity index (χ4n) is 2.52. The molecular formula is C15H22O3. The average molecular weight is 250 g/mol. The van der Waals surface area contributed by atoms with Crippen LogP contribution in [0.25, 0.3) is 0 Å². The molecule has 2 rings (SSSR count). The minimum atomic E-state index is -0.486. The maximum Gasteiger partial charge on any atom is 0.169 e. The molecule has 0 aromatic heterocycles. The van der Waals surface area contributed by atoms with Crippen LogP contribution in [0.15, 0.2) is 30.3 Å². The molecule has 18 heavy (non-hydrogen) atoms. The maximum absolute atomic E-state index is 9.17. The summed E-state index contributed by atoms with van der Waals surface area (Å²) >= 11 is 0. The van der Waals surface area contributed by atoms with Crippen LogP contribution in [-0.4, -0.2) is 23.6 Å². The summed E-state index contributed by atoms with van der Waals surface area (Å²) in [4.78, 5) is 0. The van der Waals surface area contributed by atoms with Gasteiger partial charge < -0.3 is 14.6 Å². The Kier molecular flexibility index (Phi) is 4.38. The first-order valence-corrected chi connectivity index (χ1v) is 6.76. The molecule has 1 unspecified atom stereocenters. The van der Waals surface area contributed by atoms with Crippen LogP contribution in [0.1, 0.15) is 44.8 Å². The molecule has 1 saturated heterocycles. The van der Waals surface area contributed by atoms with Crippen LogP contribution < -0.4 is 0 Å². The monoisotopic (exact) mass is 250 g/mol. The lowest BCUT2D eigenvalue weighted by Gasteiger charge is -2.25. The topological polar surface area (TPSA) is 38.7 Å². The Labute approximate surface area is 109 Å². The van der Waals surface area contributed by atoms with Crippen molar-refractivity contribution in [2.24, 2.45) is 0 Å². The van der Waals surface area contributed by atoms with Crippen LogP contribution >= 0.6 is 0 Å². The zero-order valence-corrected chi connectivity index (χ0v) is 11.1. The van der Waals surface area contributed by atoms with Crippen LogP contribution in [0.2, 0.25) is 0 Å². The largest absolute Gasteiger partial charge is 0.396 e. The van der Waals surface area contributed by atoms with E-state index in [-0.39, 0.29) is 18.8 Å². The molecule has 0 aliphatic carbocycles. The van der Waals surface area contributed by atoms with Crippen LogP contribution in [-0.2, 0) is 9.47 Å². The Hall–Kier alpha value is -0.900. The van der Waals surface area contributed by atoms with Crippen molar-refractivity contribution in [1.29, 1.82) is 0 Å². The third-order valence-corrected chi connectivity index (χ3v) is 3.66. The smallest absolute Gasteiger partial charge is 0.169 e. The van der Waals surface area contributed by atoms with Gasteiger partial charge in [0.1, 0.15) is 6.10 Å². The minimum absolute atomic E-state index is 0.0581. The van der Waals surface area contributed by atoms with Gasteiger partial charge in [-0.05, 0) is 24.8 Å². The maximum atomic E-state index is 9.17. The molecule has 3 nitrogen and oxygen atoms in total. The summed E-state index contributed by atoms with van der Waals surface area (Å²) in [5.41, 5.74) is 1.12. The van der Waals surface area contributed by atoms with Gasteiger partial charge >= 0.3 is 0 Å². The van der Waals surface area contributed by atoms with E-state index in [1.54, 1.807) is 0 Å². The molecule has 1 aliphatic rings. The fourth-order valence-corrected chi connectivity index (χ4v) is 2.52. The molecule has 0 bridgehead atoms. The summed E-state index contributed by atoms with van der Waals surface area (Å²) < 4.78 is 12.2. The molecule has 1 aliphatic heterocycles. The quantitative estimate of drug-likeness (QED) is 0.873. The zero-order chi connectivity index (χ0) is 13.0. The number of rotatable bonds is 5. The molecule has 100 valence electrons. The number of benzene rings is 1. The second kappa shape index (κ2) is 5.83. The van der Waals surface area contributed by atoms with Crippen molar-refractivity contribution in [3.63, 3.8) is 0 Å². The van der Waals surface area contributed by atoms with E-state index in [9.17, 15) is 5.11 Å². The first-order valence-electron chi connectivity index (χ1n) is 6.76. The molecule has 1 fully saturated rings. The Morgan fingerprint density at radius 1 is 1.11 bits per heavy atom. The normalized spacial score (nSPS) is 26.4. The van der Waals surface area contributed by atoms with Crippen molar-refractivity contribution in [3.05, 3.63) is 35.9 Å². The summed E-state index contributed by atoms with van der Waals surface area (Å²) in [5.74, 6) is -0.486. The SMILES string of the molecule is CCC1(CC)OC(c2ccccc2)[C@@H](CCO)O1. The first-order chi connectivity index (χ1) is 8.74. The lowest BCUT2D eigenvalue weighted by molar-refractivity contribution is -0.180. The highest BCUT2D eigenvalue weighted by molar-refractivity contribution is 5.20. The Morgan fingerprint density at radius 2 is 1.78 bits per heavy atom. The highest BCUT2D eigenvalue weighted by Crippen LogP contribution is 2.43. The molecule has 0 saturated carbocycles. The third-order valence-electron chi connectivity index (χ3n) is 3.66. The van der Waals surface area contributed by atoms with Crippen molar-refractivity contribution >= 4 is 0 Å². The highest BCUT2D eigenvalue weighted by Gasteiger charge is 2.45. The molecule has 0 amide bonds. The molecule has 3 heteroatoms. The number of aliphatic hydroxyl groups is 1. The van der Waals surface area contributed by atoms with Gasteiger partial charge in [0.25, 0.3) is 0 Å². The van der Waals surface area contributed by atoms with E-state index in [4.69, 9.17) is 9.47 Å². The molecule has 0 radical (unpaired) electrons. The predicted octanol–water partition coefficient (Wildman–Crippen LogP) is 3.04. The van der Waals surface area contributed by atoms with Gasteiger partial charge in [0.2, 0.25) is 0 Å². The second-order valence-corrected chi connectivity index (χ2v) is 4.74. The van der Waals surface area contributed by atoms with E-state index in [1.807, 2.05) is 18.2 Å². The van der Waals surface area contributed by atoms with E-state index >= 15 is 0 Å². The summed E-state index contributed by atoms with van der Waals surface area (Å²) in [6, 6.07) is 10.1. The summed E-state index contributed by atoms with van der Waals surface area (Å²) in [6.45, 7) is 4.28. The van der Waals surface area contributed by atoms with Gasteiger partial charge in [-0.3, -0.25) is 0 Å². The van der Waals surface area contributed by atoms with E-state index in [0.717, 1.165) is 18.4 Å². The number of ether oxygens (including phenoxy) is 2. The van der Waals surface area contributed by atoms with Crippen LogP contribution in [0.5, 0.6) is 0 Å². The van der Waals surface area contributed by atoms with Crippen molar-refractivity contribution in [3.8, 4) is 0 Å². The fraction of sp³-hybridized carbons (Fsp3) is 0.600. The van der Waals surface area contributed by atoms with Crippen molar-refractivity contribution in [2.75, 3.05) is 6.61 Å². The van der Waals surface area contributed by atoms with Gasteiger partial charge in [0.15, 0.2) is 5.79 Å². The Balaban J connectivity index is 2.22. The average Bonchev–Trinajstić information content (AvgIpc) is 2.80. The summed E-state index contributed by atoms with van der Waals surface area (Å²) in [7, 11) is 0. The van der Waals surface area contributed by atoms with E-state index in [1.165, 1.54) is 0 Å². The Morgan fingerprint density at radius 3 is 2.33 bits per heavy atom. The molecule has 1 aromatic carbocycles. The number of hydrogen-bond donors (Lipinski definition) is 1. The number of hydrogen-bond acceptors (Lipinski definition) is 3. The van der Waals surface area contributed by atoms with E-state index < -0.39 is 5.79 Å². The minimum Gasteiger partial charge on any atom is -0.396 e. The Bertz CT molecular complexity index is 359. The standard InChI is InChI=1S/C15H22O3/c1-3-15(4-2)17-13(10-11-16)14(18-15)12-8-6-5-7-9-12/h5-9,13-14,16H,3-4,10-11H2,1-2H3/t13-,14?/m1/s1. The van der Waals surface area contributed by atoms with E-state index in [2.05, 4.69) is 26.0 Å². The second-order valence-electron chi connectivity index (χ2n) is 4.74. The highest BCUT2D eigenvalue weighted by atomic mass is 16.8. The van der Waals surface area contributed by atoms with Crippen LogP contribution in [0, 0.1) is 0 Å². The molecule has 0 spiro atoms. The summed E-state index contributed by atoms with van der Waals surface area (Å²) in [6.07, 6.45) is 2.14. The van der Waals surface area contributed by atoms with Gasteiger partial charge in [-0.2, -0.15) is 0 Å². The molecule has 1 aromatic rings. The van der Waals surface area contributed by atoms with Gasteiger partial charge in [0, 0.05) is 6.61 Å². The molecule has 2 atom stereocenters. The van der Waals surface area contributed by atoms with E-state index in [0.29, 0.717) is 6.42 Å². The van der Waals surface area contributed by atoms with Gasteiger partial charge in [-0.15, -0.1) is 0 Å². The number of aliphatic hydroxyl groups excluding tert-OH is 1. The molecule has 1 heterocycles. The third kappa shape index (κ3) is 2.58. The van der Waals surface area contributed by atoms with Crippen molar-refractivity contribution in [2.45, 2.75) is 51.1 Å². The van der Waals surface area contributed by atoms with Gasteiger partial charge in [0.05, 0.1) is 6.10 Å².